The third-order valence-electron chi connectivity index (χ3n) is 2.74. The summed E-state index contributed by atoms with van der Waals surface area (Å²) in [4.78, 5) is 12.0. The van der Waals surface area contributed by atoms with E-state index in [1.165, 1.54) is 17.8 Å². The van der Waals surface area contributed by atoms with Gasteiger partial charge in [-0.3, -0.25) is 9.36 Å². The molecule has 86 valence electrons. The Hall–Kier alpha value is -1.09. The number of para-hydroxylation sites is 1. The van der Waals surface area contributed by atoms with Gasteiger partial charge in [-0.2, -0.15) is 0 Å². The Labute approximate surface area is 99.5 Å². The van der Waals surface area contributed by atoms with E-state index < -0.39 is 0 Å². The van der Waals surface area contributed by atoms with Crippen LogP contribution in [0, 0.1) is 5.92 Å². The van der Waals surface area contributed by atoms with Crippen LogP contribution in [0.3, 0.4) is 0 Å². The maximum absolute atomic E-state index is 11.8. The molecule has 0 saturated heterocycles. The van der Waals surface area contributed by atoms with Crippen LogP contribution < -0.4 is 4.87 Å². The Kier molecular flexibility index (Phi) is 3.44. The van der Waals surface area contributed by atoms with Crippen molar-refractivity contribution >= 4 is 21.6 Å². The van der Waals surface area contributed by atoms with Gasteiger partial charge in [0.2, 0.25) is 0 Å². The molecule has 0 unspecified atom stereocenters. The Morgan fingerprint density at radius 2 is 2.06 bits per heavy atom. The number of nitrogens with zero attached hydrogens (tertiary/aromatic N) is 1. The van der Waals surface area contributed by atoms with Crippen molar-refractivity contribution < 1.29 is 0 Å². The van der Waals surface area contributed by atoms with Crippen molar-refractivity contribution in [3.63, 3.8) is 0 Å². The summed E-state index contributed by atoms with van der Waals surface area (Å²) in [6, 6.07) is 8.02. The molecular formula is C13H17NOS. The zero-order valence-electron chi connectivity index (χ0n) is 9.77. The van der Waals surface area contributed by atoms with Gasteiger partial charge in [-0.25, -0.2) is 0 Å². The molecule has 0 bridgehead atoms. The molecular weight excluding hydrogens is 218 g/mol. The second-order valence-electron chi connectivity index (χ2n) is 4.52. The minimum absolute atomic E-state index is 0.171. The molecule has 1 heterocycles. The van der Waals surface area contributed by atoms with E-state index in [-0.39, 0.29) is 4.87 Å². The van der Waals surface area contributed by atoms with Crippen LogP contribution >= 0.6 is 11.3 Å². The van der Waals surface area contributed by atoms with E-state index in [0.29, 0.717) is 5.92 Å². The lowest BCUT2D eigenvalue weighted by Gasteiger charge is -2.05. The summed E-state index contributed by atoms with van der Waals surface area (Å²) in [5.41, 5.74) is 1.08. The summed E-state index contributed by atoms with van der Waals surface area (Å²) in [5.74, 6) is 0.709. The highest BCUT2D eigenvalue weighted by Gasteiger charge is 2.06. The van der Waals surface area contributed by atoms with Crippen molar-refractivity contribution in [2.45, 2.75) is 33.2 Å². The van der Waals surface area contributed by atoms with Crippen LogP contribution in [-0.2, 0) is 6.54 Å². The predicted octanol–water partition coefficient (Wildman–Crippen LogP) is 3.50. The van der Waals surface area contributed by atoms with Crippen molar-refractivity contribution in [3.05, 3.63) is 33.9 Å². The molecule has 0 aliphatic carbocycles. The monoisotopic (exact) mass is 235 g/mol. The lowest BCUT2D eigenvalue weighted by molar-refractivity contribution is 0.515. The Balaban J connectivity index is 2.23. The van der Waals surface area contributed by atoms with Crippen molar-refractivity contribution in [1.82, 2.24) is 4.57 Å². The number of rotatable bonds is 4. The van der Waals surface area contributed by atoms with Gasteiger partial charge in [-0.15, -0.1) is 0 Å². The highest BCUT2D eigenvalue weighted by atomic mass is 32.1. The van der Waals surface area contributed by atoms with Crippen LogP contribution in [0.1, 0.15) is 26.7 Å². The second-order valence-corrected chi connectivity index (χ2v) is 5.52. The average Bonchev–Trinajstić information content (AvgIpc) is 2.55. The van der Waals surface area contributed by atoms with E-state index in [1.54, 1.807) is 0 Å². The number of fused-ring (bicyclic) bond motifs is 1. The van der Waals surface area contributed by atoms with Crippen LogP contribution in [-0.4, -0.2) is 4.57 Å². The SMILES string of the molecule is CC(C)CCCn1c(=O)sc2ccccc21. The first-order valence-corrected chi connectivity index (χ1v) is 6.58. The standard InChI is InChI=1S/C13H17NOS/c1-10(2)6-5-9-14-11-7-3-4-8-12(11)16-13(14)15/h3-4,7-8,10H,5-6,9H2,1-2H3. The minimum Gasteiger partial charge on any atom is -0.299 e. The lowest BCUT2D eigenvalue weighted by atomic mass is 10.1. The van der Waals surface area contributed by atoms with E-state index in [2.05, 4.69) is 13.8 Å². The zero-order chi connectivity index (χ0) is 11.5. The Morgan fingerprint density at radius 3 is 2.81 bits per heavy atom. The molecule has 2 aromatic rings. The molecule has 0 aliphatic rings. The highest BCUT2D eigenvalue weighted by molar-refractivity contribution is 7.16. The molecule has 0 N–H and O–H groups in total. The topological polar surface area (TPSA) is 22.0 Å². The number of aryl methyl sites for hydroxylation is 1. The average molecular weight is 235 g/mol. The van der Waals surface area contributed by atoms with Crippen LogP contribution in [0.15, 0.2) is 29.1 Å². The fraction of sp³-hybridized carbons (Fsp3) is 0.462. The molecule has 16 heavy (non-hydrogen) atoms. The first kappa shape index (κ1) is 11.4. The fourth-order valence-electron chi connectivity index (χ4n) is 1.88. The van der Waals surface area contributed by atoms with Gasteiger partial charge in [0.1, 0.15) is 0 Å². The quantitative estimate of drug-likeness (QED) is 0.795. The van der Waals surface area contributed by atoms with Crippen LogP contribution in [0.5, 0.6) is 0 Å². The third kappa shape index (κ3) is 2.35. The number of aromatic nitrogens is 1. The summed E-state index contributed by atoms with van der Waals surface area (Å²) < 4.78 is 3.00. The summed E-state index contributed by atoms with van der Waals surface area (Å²) in [5, 5.41) is 0. The van der Waals surface area contributed by atoms with E-state index in [4.69, 9.17) is 0 Å². The van der Waals surface area contributed by atoms with Crippen molar-refractivity contribution in [2.75, 3.05) is 0 Å². The van der Waals surface area contributed by atoms with Crippen molar-refractivity contribution in [3.8, 4) is 0 Å². The molecule has 0 spiro atoms. The van der Waals surface area contributed by atoms with Crippen molar-refractivity contribution in [2.24, 2.45) is 5.92 Å². The summed E-state index contributed by atoms with van der Waals surface area (Å²) in [7, 11) is 0. The first-order chi connectivity index (χ1) is 7.68. The van der Waals surface area contributed by atoms with Gasteiger partial charge in [0.25, 0.3) is 0 Å². The van der Waals surface area contributed by atoms with E-state index >= 15 is 0 Å². The minimum atomic E-state index is 0.171. The highest BCUT2D eigenvalue weighted by Crippen LogP contribution is 2.17. The van der Waals surface area contributed by atoms with Gasteiger partial charge in [0.05, 0.1) is 10.2 Å². The molecule has 0 amide bonds. The van der Waals surface area contributed by atoms with Gasteiger partial charge in [-0.1, -0.05) is 37.3 Å². The third-order valence-corrected chi connectivity index (χ3v) is 3.70. The molecule has 2 rings (SSSR count). The number of hydrogen-bond donors (Lipinski definition) is 0. The van der Waals surface area contributed by atoms with Gasteiger partial charge in [-0.05, 0) is 30.9 Å². The summed E-state index contributed by atoms with van der Waals surface area (Å²) >= 11 is 1.34. The molecule has 0 fully saturated rings. The molecule has 3 heteroatoms. The summed E-state index contributed by atoms with van der Waals surface area (Å²) in [6.45, 7) is 5.28. The van der Waals surface area contributed by atoms with Crippen LogP contribution in [0.25, 0.3) is 10.2 Å². The number of thiazole rings is 1. The molecule has 0 atom stereocenters. The molecule has 0 radical (unpaired) electrons. The van der Waals surface area contributed by atoms with Crippen molar-refractivity contribution in [1.29, 1.82) is 0 Å². The van der Waals surface area contributed by atoms with Gasteiger partial charge in [0, 0.05) is 6.54 Å². The number of hydrogen-bond acceptors (Lipinski definition) is 2. The predicted molar refractivity (Wildman–Crippen MR) is 70.2 cm³/mol. The fourth-order valence-corrected chi connectivity index (χ4v) is 2.80. The maximum Gasteiger partial charge on any atom is 0.308 e. The van der Waals surface area contributed by atoms with Gasteiger partial charge >= 0.3 is 4.87 Å². The van der Waals surface area contributed by atoms with E-state index in [9.17, 15) is 4.79 Å². The molecule has 0 saturated carbocycles. The number of benzene rings is 1. The van der Waals surface area contributed by atoms with Crippen LogP contribution in [0.2, 0.25) is 0 Å². The molecule has 1 aromatic carbocycles. The second kappa shape index (κ2) is 4.83. The Bertz CT molecular complexity index is 524. The zero-order valence-corrected chi connectivity index (χ0v) is 10.6. The van der Waals surface area contributed by atoms with E-state index in [1.807, 2.05) is 28.8 Å². The van der Waals surface area contributed by atoms with E-state index in [0.717, 1.165) is 23.2 Å². The Morgan fingerprint density at radius 1 is 1.31 bits per heavy atom. The lowest BCUT2D eigenvalue weighted by Crippen LogP contribution is -2.13. The largest absolute Gasteiger partial charge is 0.308 e. The van der Waals surface area contributed by atoms with Gasteiger partial charge < -0.3 is 0 Å². The first-order valence-electron chi connectivity index (χ1n) is 5.77. The van der Waals surface area contributed by atoms with Gasteiger partial charge in [0.15, 0.2) is 0 Å². The molecule has 2 nitrogen and oxygen atoms in total. The maximum atomic E-state index is 11.8. The molecule has 1 aromatic heterocycles. The smallest absolute Gasteiger partial charge is 0.299 e. The molecule has 0 aliphatic heterocycles. The normalized spacial score (nSPS) is 11.4. The van der Waals surface area contributed by atoms with Crippen LogP contribution in [0.4, 0.5) is 0 Å². The summed E-state index contributed by atoms with van der Waals surface area (Å²) in [6.07, 6.45) is 2.26.